The van der Waals surface area contributed by atoms with Crippen molar-refractivity contribution in [2.75, 3.05) is 39.8 Å². The van der Waals surface area contributed by atoms with E-state index in [1.807, 2.05) is 49.5 Å². The first-order valence-electron chi connectivity index (χ1n) is 9.53. The standard InChI is InChI=1S/C22H24N4O2/c1-25-9-11-26(12-10-25)21(27)15-23-22(28)18-8-7-17-13-19(24-20(17)14-18)16-5-3-2-4-6-16/h2-8,13-14,24H,9-12,15H2,1H3,(H,23,28). The van der Waals surface area contributed by atoms with Gasteiger partial charge in [-0.1, -0.05) is 36.4 Å². The number of amides is 2. The predicted octanol–water partition coefficient (Wildman–Crippen LogP) is 2.34. The van der Waals surface area contributed by atoms with E-state index in [2.05, 4.69) is 21.3 Å². The Labute approximate surface area is 164 Å². The van der Waals surface area contributed by atoms with Crippen molar-refractivity contribution >= 4 is 22.7 Å². The monoisotopic (exact) mass is 376 g/mol. The lowest BCUT2D eigenvalue weighted by Gasteiger charge is -2.32. The minimum Gasteiger partial charge on any atom is -0.355 e. The number of nitrogens with zero attached hydrogens (tertiary/aromatic N) is 2. The lowest BCUT2D eigenvalue weighted by molar-refractivity contribution is -0.131. The van der Waals surface area contributed by atoms with Crippen LogP contribution in [0.15, 0.2) is 54.6 Å². The number of piperazine rings is 1. The normalized spacial score (nSPS) is 15.0. The maximum Gasteiger partial charge on any atom is 0.251 e. The number of nitrogens with one attached hydrogen (secondary N) is 2. The molecule has 2 N–H and O–H groups in total. The Kier molecular flexibility index (Phi) is 5.12. The van der Waals surface area contributed by atoms with E-state index in [-0.39, 0.29) is 18.4 Å². The molecule has 0 radical (unpaired) electrons. The topological polar surface area (TPSA) is 68.4 Å². The van der Waals surface area contributed by atoms with E-state index in [4.69, 9.17) is 0 Å². The van der Waals surface area contributed by atoms with Crippen LogP contribution in [0.4, 0.5) is 0 Å². The van der Waals surface area contributed by atoms with Crippen molar-refractivity contribution in [2.24, 2.45) is 0 Å². The van der Waals surface area contributed by atoms with Crippen molar-refractivity contribution in [3.63, 3.8) is 0 Å². The van der Waals surface area contributed by atoms with Crippen molar-refractivity contribution in [2.45, 2.75) is 0 Å². The van der Waals surface area contributed by atoms with E-state index in [1.165, 1.54) is 0 Å². The van der Waals surface area contributed by atoms with Gasteiger partial charge in [-0.25, -0.2) is 0 Å². The van der Waals surface area contributed by atoms with Gasteiger partial charge in [0, 0.05) is 48.3 Å². The van der Waals surface area contributed by atoms with Gasteiger partial charge in [0.05, 0.1) is 6.54 Å². The Balaban J connectivity index is 1.42. The number of rotatable bonds is 4. The van der Waals surface area contributed by atoms with E-state index in [9.17, 15) is 9.59 Å². The minimum atomic E-state index is -0.236. The molecular formula is C22H24N4O2. The fraction of sp³-hybridized carbons (Fsp3) is 0.273. The molecule has 1 fully saturated rings. The molecule has 0 unspecified atom stereocenters. The molecule has 1 saturated heterocycles. The largest absolute Gasteiger partial charge is 0.355 e. The third kappa shape index (κ3) is 3.92. The fourth-order valence-corrected chi connectivity index (χ4v) is 3.47. The molecule has 1 aliphatic rings. The third-order valence-electron chi connectivity index (χ3n) is 5.23. The first kappa shape index (κ1) is 18.3. The number of H-pyrrole nitrogens is 1. The highest BCUT2D eigenvalue weighted by molar-refractivity contribution is 6.00. The van der Waals surface area contributed by atoms with Gasteiger partial charge < -0.3 is 20.1 Å². The van der Waals surface area contributed by atoms with Gasteiger partial charge in [0.2, 0.25) is 5.91 Å². The molecule has 1 aromatic heterocycles. The molecule has 1 aliphatic heterocycles. The molecule has 0 saturated carbocycles. The lowest BCUT2D eigenvalue weighted by Crippen LogP contribution is -2.50. The summed E-state index contributed by atoms with van der Waals surface area (Å²) in [7, 11) is 2.05. The molecular weight excluding hydrogens is 352 g/mol. The van der Waals surface area contributed by atoms with E-state index >= 15 is 0 Å². The number of benzene rings is 2. The number of hydrogen-bond acceptors (Lipinski definition) is 3. The molecule has 0 spiro atoms. The molecule has 6 heteroatoms. The Bertz CT molecular complexity index is 988. The summed E-state index contributed by atoms with van der Waals surface area (Å²) in [5.74, 6) is -0.269. The van der Waals surface area contributed by atoms with Crippen molar-refractivity contribution in [1.82, 2.24) is 20.1 Å². The average molecular weight is 376 g/mol. The molecule has 4 rings (SSSR count). The summed E-state index contributed by atoms with van der Waals surface area (Å²) in [4.78, 5) is 32.2. The van der Waals surface area contributed by atoms with E-state index in [0.29, 0.717) is 18.7 Å². The number of carbonyl (C=O) groups is 2. The lowest BCUT2D eigenvalue weighted by atomic mass is 10.1. The zero-order chi connectivity index (χ0) is 19.5. The maximum atomic E-state index is 12.5. The van der Waals surface area contributed by atoms with Gasteiger partial charge in [0.25, 0.3) is 5.91 Å². The summed E-state index contributed by atoms with van der Waals surface area (Å²) in [6.45, 7) is 3.18. The van der Waals surface area contributed by atoms with Gasteiger partial charge in [0.15, 0.2) is 0 Å². The summed E-state index contributed by atoms with van der Waals surface area (Å²) in [5.41, 5.74) is 3.55. The minimum absolute atomic E-state index is 0.0283. The molecule has 2 heterocycles. The number of fused-ring (bicyclic) bond motifs is 1. The average Bonchev–Trinajstić information content (AvgIpc) is 3.16. The highest BCUT2D eigenvalue weighted by Gasteiger charge is 2.19. The number of aromatic nitrogens is 1. The quantitative estimate of drug-likeness (QED) is 0.734. The molecule has 0 aliphatic carbocycles. The first-order valence-corrected chi connectivity index (χ1v) is 9.53. The summed E-state index contributed by atoms with van der Waals surface area (Å²) >= 11 is 0. The fourth-order valence-electron chi connectivity index (χ4n) is 3.47. The highest BCUT2D eigenvalue weighted by Crippen LogP contribution is 2.24. The van der Waals surface area contributed by atoms with Crippen LogP contribution >= 0.6 is 0 Å². The van der Waals surface area contributed by atoms with Gasteiger partial charge in [-0.3, -0.25) is 9.59 Å². The SMILES string of the molecule is CN1CCN(C(=O)CNC(=O)c2ccc3cc(-c4ccccc4)[nH]c3c2)CC1. The van der Waals surface area contributed by atoms with E-state index < -0.39 is 0 Å². The van der Waals surface area contributed by atoms with Gasteiger partial charge in [-0.2, -0.15) is 0 Å². The van der Waals surface area contributed by atoms with Crippen molar-refractivity contribution in [1.29, 1.82) is 0 Å². The first-order chi connectivity index (χ1) is 13.6. The number of carbonyl (C=O) groups excluding carboxylic acids is 2. The summed E-state index contributed by atoms with van der Waals surface area (Å²) in [6.07, 6.45) is 0. The maximum absolute atomic E-state index is 12.5. The van der Waals surface area contributed by atoms with Gasteiger partial charge >= 0.3 is 0 Å². The van der Waals surface area contributed by atoms with Gasteiger partial charge in [0.1, 0.15) is 0 Å². The van der Waals surface area contributed by atoms with Crippen LogP contribution in [0.1, 0.15) is 10.4 Å². The molecule has 0 atom stereocenters. The Morgan fingerprint density at radius 3 is 2.50 bits per heavy atom. The van der Waals surface area contributed by atoms with Crippen molar-refractivity contribution in [3.05, 3.63) is 60.2 Å². The van der Waals surface area contributed by atoms with Crippen molar-refractivity contribution in [3.8, 4) is 11.3 Å². The van der Waals surface area contributed by atoms with Gasteiger partial charge in [-0.15, -0.1) is 0 Å². The highest BCUT2D eigenvalue weighted by atomic mass is 16.2. The van der Waals surface area contributed by atoms with Crippen LogP contribution in [0.3, 0.4) is 0 Å². The molecule has 2 amide bonds. The Morgan fingerprint density at radius 1 is 1.00 bits per heavy atom. The Morgan fingerprint density at radius 2 is 1.75 bits per heavy atom. The summed E-state index contributed by atoms with van der Waals surface area (Å²) in [6, 6.07) is 17.7. The van der Waals surface area contributed by atoms with E-state index in [0.717, 1.165) is 35.2 Å². The number of hydrogen-bond donors (Lipinski definition) is 2. The smallest absolute Gasteiger partial charge is 0.251 e. The second kappa shape index (κ2) is 7.86. The van der Waals surface area contributed by atoms with Crippen LogP contribution in [0.25, 0.3) is 22.2 Å². The molecule has 144 valence electrons. The molecule has 6 nitrogen and oxygen atoms in total. The summed E-state index contributed by atoms with van der Waals surface area (Å²) < 4.78 is 0. The van der Waals surface area contributed by atoms with Gasteiger partial charge in [-0.05, 0) is 30.8 Å². The molecule has 28 heavy (non-hydrogen) atoms. The van der Waals surface area contributed by atoms with Crippen LogP contribution in [0.2, 0.25) is 0 Å². The van der Waals surface area contributed by atoms with Crippen LogP contribution < -0.4 is 5.32 Å². The Hall–Kier alpha value is -3.12. The van der Waals surface area contributed by atoms with Crippen LogP contribution in [-0.2, 0) is 4.79 Å². The second-order valence-corrected chi connectivity index (χ2v) is 7.22. The third-order valence-corrected chi connectivity index (χ3v) is 5.23. The van der Waals surface area contributed by atoms with E-state index in [1.54, 1.807) is 11.0 Å². The van der Waals surface area contributed by atoms with Crippen LogP contribution in [0.5, 0.6) is 0 Å². The zero-order valence-electron chi connectivity index (χ0n) is 15.9. The number of aromatic amines is 1. The van der Waals surface area contributed by atoms with Crippen molar-refractivity contribution < 1.29 is 9.59 Å². The molecule has 3 aromatic rings. The second-order valence-electron chi connectivity index (χ2n) is 7.22. The molecule has 2 aromatic carbocycles. The molecule has 0 bridgehead atoms. The number of likely N-dealkylation sites (N-methyl/N-ethyl adjacent to an activating group) is 1. The van der Waals surface area contributed by atoms with Crippen LogP contribution in [0, 0.1) is 0 Å². The van der Waals surface area contributed by atoms with Crippen LogP contribution in [-0.4, -0.2) is 66.4 Å². The predicted molar refractivity (Wildman–Crippen MR) is 110 cm³/mol. The zero-order valence-corrected chi connectivity index (χ0v) is 15.9. The summed E-state index contributed by atoms with van der Waals surface area (Å²) in [5, 5.41) is 3.80.